The van der Waals surface area contributed by atoms with Gasteiger partial charge in [-0.3, -0.25) is 14.5 Å². The number of nitrogens with one attached hydrogen (secondary N) is 1. The fourth-order valence-electron chi connectivity index (χ4n) is 5.70. The van der Waals surface area contributed by atoms with Crippen molar-refractivity contribution in [2.75, 3.05) is 19.6 Å². The summed E-state index contributed by atoms with van der Waals surface area (Å²) in [5.74, 6) is 6.12. The quantitative estimate of drug-likeness (QED) is 0.504. The van der Waals surface area contributed by atoms with Gasteiger partial charge in [0.1, 0.15) is 11.3 Å². The van der Waals surface area contributed by atoms with E-state index in [9.17, 15) is 14.4 Å². The Morgan fingerprint density at radius 3 is 2.53 bits per heavy atom. The number of imide groups is 1. The number of fused-ring (bicyclic) bond motifs is 1. The predicted molar refractivity (Wildman–Crippen MR) is 135 cm³/mol. The van der Waals surface area contributed by atoms with E-state index in [1.54, 1.807) is 6.92 Å². The van der Waals surface area contributed by atoms with Crippen molar-refractivity contribution in [3.05, 3.63) is 65.7 Å². The summed E-state index contributed by atoms with van der Waals surface area (Å²) >= 11 is 0. The van der Waals surface area contributed by atoms with Gasteiger partial charge in [0, 0.05) is 19.5 Å². The van der Waals surface area contributed by atoms with Crippen LogP contribution in [0.2, 0.25) is 0 Å². The summed E-state index contributed by atoms with van der Waals surface area (Å²) in [5.41, 5.74) is 1.19. The van der Waals surface area contributed by atoms with Gasteiger partial charge in [-0.2, -0.15) is 0 Å². The first kappa shape index (κ1) is 23.9. The van der Waals surface area contributed by atoms with Gasteiger partial charge in [-0.1, -0.05) is 54.5 Å². The van der Waals surface area contributed by atoms with Gasteiger partial charge in [0.2, 0.25) is 0 Å². The number of benzene rings is 2. The Hall–Kier alpha value is -3.79. The average Bonchev–Trinajstić information content (AvgIpc) is 3.45. The second-order valence-electron chi connectivity index (χ2n) is 9.72. The Morgan fingerprint density at radius 1 is 1.08 bits per heavy atom. The number of amides is 4. The number of para-hydroxylation sites is 1. The van der Waals surface area contributed by atoms with Gasteiger partial charge in [0.05, 0.1) is 6.54 Å². The largest absolute Gasteiger partial charge is 0.480 e. The lowest BCUT2D eigenvalue weighted by molar-refractivity contribution is -0.140. The standard InChI is InChI=1S/C29H31N3O4/c1-2-3-17-32-27(34)29(30-28(32)35,16-13-21-9-5-4-6-10-21)23-14-18-31(19-15-23)26(33)25-20-22-11-7-8-12-24(22)36-25/h4-12,23,25H,13-20H2,1H3,(H,30,35)/t25-,29+/m0/s1. The van der Waals surface area contributed by atoms with Crippen LogP contribution in [-0.2, 0) is 22.4 Å². The number of hydrogen-bond acceptors (Lipinski definition) is 4. The molecular weight excluding hydrogens is 454 g/mol. The number of rotatable bonds is 6. The van der Waals surface area contributed by atoms with Gasteiger partial charge in [-0.15, -0.1) is 5.92 Å². The first-order valence-corrected chi connectivity index (χ1v) is 12.6. The first-order valence-electron chi connectivity index (χ1n) is 12.6. The maximum Gasteiger partial charge on any atom is 0.325 e. The molecule has 0 radical (unpaired) electrons. The van der Waals surface area contributed by atoms with Gasteiger partial charge < -0.3 is 15.0 Å². The molecule has 7 heteroatoms. The molecule has 0 saturated carbocycles. The van der Waals surface area contributed by atoms with E-state index in [1.807, 2.05) is 59.5 Å². The highest BCUT2D eigenvalue weighted by molar-refractivity contribution is 6.07. The molecule has 3 heterocycles. The number of carbonyl (C=O) groups is 3. The lowest BCUT2D eigenvalue weighted by Gasteiger charge is -2.41. The van der Waals surface area contributed by atoms with Crippen LogP contribution in [0, 0.1) is 17.8 Å². The minimum absolute atomic E-state index is 0.00961. The molecule has 2 fully saturated rings. The fraction of sp³-hybridized carbons (Fsp3) is 0.414. The Labute approximate surface area is 211 Å². The van der Waals surface area contributed by atoms with E-state index in [1.165, 1.54) is 4.90 Å². The van der Waals surface area contributed by atoms with Crippen LogP contribution < -0.4 is 10.1 Å². The van der Waals surface area contributed by atoms with Crippen LogP contribution in [0.5, 0.6) is 5.75 Å². The minimum atomic E-state index is -0.989. The lowest BCUT2D eigenvalue weighted by Crippen LogP contribution is -2.57. The maximum absolute atomic E-state index is 13.7. The fourth-order valence-corrected chi connectivity index (χ4v) is 5.70. The molecule has 0 unspecified atom stereocenters. The maximum atomic E-state index is 13.7. The predicted octanol–water partition coefficient (Wildman–Crippen LogP) is 3.18. The molecular formula is C29H31N3O4. The van der Waals surface area contributed by atoms with E-state index >= 15 is 0 Å². The molecule has 2 saturated heterocycles. The molecule has 0 spiro atoms. The van der Waals surface area contributed by atoms with E-state index in [2.05, 4.69) is 17.2 Å². The van der Waals surface area contributed by atoms with Crippen molar-refractivity contribution in [1.29, 1.82) is 0 Å². The zero-order chi connectivity index (χ0) is 25.1. The molecule has 0 bridgehead atoms. The summed E-state index contributed by atoms with van der Waals surface area (Å²) in [4.78, 5) is 42.8. The van der Waals surface area contributed by atoms with Crippen LogP contribution in [-0.4, -0.2) is 58.9 Å². The molecule has 2 aromatic carbocycles. The van der Waals surface area contributed by atoms with Crippen molar-refractivity contribution in [3.63, 3.8) is 0 Å². The molecule has 0 aromatic heterocycles. The summed E-state index contributed by atoms with van der Waals surface area (Å²) in [7, 11) is 0. The zero-order valence-corrected chi connectivity index (χ0v) is 20.5. The van der Waals surface area contributed by atoms with Gasteiger partial charge in [-0.25, -0.2) is 4.79 Å². The molecule has 2 atom stereocenters. The van der Waals surface area contributed by atoms with Crippen molar-refractivity contribution < 1.29 is 19.1 Å². The topological polar surface area (TPSA) is 79.0 Å². The van der Waals surface area contributed by atoms with Crippen molar-refractivity contribution in [2.24, 2.45) is 5.92 Å². The number of piperidine rings is 1. The molecule has 7 nitrogen and oxygen atoms in total. The molecule has 186 valence electrons. The van der Waals surface area contributed by atoms with Crippen molar-refractivity contribution in [3.8, 4) is 17.6 Å². The molecule has 3 aliphatic heterocycles. The molecule has 2 aromatic rings. The van der Waals surface area contributed by atoms with Crippen LogP contribution in [0.25, 0.3) is 0 Å². The number of nitrogens with zero attached hydrogens (tertiary/aromatic N) is 2. The SMILES string of the molecule is CC#CCN1C(=O)N[C@](CCc2ccccc2)(C2CCN(C(=O)[C@@H]3Cc4ccccc4O3)CC2)C1=O. The van der Waals surface area contributed by atoms with Gasteiger partial charge in [0.15, 0.2) is 6.10 Å². The summed E-state index contributed by atoms with van der Waals surface area (Å²) in [6, 6.07) is 17.4. The third kappa shape index (κ3) is 4.44. The highest BCUT2D eigenvalue weighted by atomic mass is 16.5. The Balaban J connectivity index is 1.29. The second-order valence-corrected chi connectivity index (χ2v) is 9.72. The molecule has 36 heavy (non-hydrogen) atoms. The minimum Gasteiger partial charge on any atom is -0.480 e. The van der Waals surface area contributed by atoms with E-state index < -0.39 is 11.6 Å². The number of hydrogen-bond donors (Lipinski definition) is 1. The van der Waals surface area contributed by atoms with Crippen LogP contribution in [0.15, 0.2) is 54.6 Å². The summed E-state index contributed by atoms with van der Waals surface area (Å²) in [5, 5.41) is 3.07. The van der Waals surface area contributed by atoms with Crippen molar-refractivity contribution in [2.45, 2.75) is 50.7 Å². The number of aryl methyl sites for hydroxylation is 1. The zero-order valence-electron chi connectivity index (χ0n) is 20.5. The van der Waals surface area contributed by atoms with Gasteiger partial charge in [0.25, 0.3) is 11.8 Å². The Bertz CT molecular complexity index is 1180. The van der Waals surface area contributed by atoms with Crippen molar-refractivity contribution in [1.82, 2.24) is 15.1 Å². The summed E-state index contributed by atoms with van der Waals surface area (Å²) in [6.45, 7) is 2.85. The summed E-state index contributed by atoms with van der Waals surface area (Å²) < 4.78 is 5.92. The molecule has 1 N–H and O–H groups in total. The van der Waals surface area contributed by atoms with Crippen LogP contribution in [0.4, 0.5) is 4.79 Å². The highest BCUT2D eigenvalue weighted by Crippen LogP contribution is 2.38. The first-order chi connectivity index (χ1) is 17.5. The normalized spacial score (nSPS) is 23.5. The number of carbonyl (C=O) groups excluding carboxylic acids is 3. The second kappa shape index (κ2) is 10.1. The van der Waals surface area contributed by atoms with E-state index in [0.717, 1.165) is 16.9 Å². The Morgan fingerprint density at radius 2 is 1.81 bits per heavy atom. The number of ether oxygens (including phenoxy) is 1. The Kier molecular flexibility index (Phi) is 6.69. The van der Waals surface area contributed by atoms with Crippen molar-refractivity contribution >= 4 is 17.8 Å². The van der Waals surface area contributed by atoms with Gasteiger partial charge in [-0.05, 0) is 55.7 Å². The third-order valence-corrected chi connectivity index (χ3v) is 7.69. The van der Waals surface area contributed by atoms with E-state index in [0.29, 0.717) is 45.2 Å². The van der Waals surface area contributed by atoms with E-state index in [4.69, 9.17) is 4.74 Å². The van der Waals surface area contributed by atoms with Crippen LogP contribution >= 0.6 is 0 Å². The van der Waals surface area contributed by atoms with E-state index in [-0.39, 0.29) is 30.3 Å². The number of likely N-dealkylation sites (tertiary alicyclic amines) is 1. The number of urea groups is 1. The molecule has 3 aliphatic rings. The monoisotopic (exact) mass is 485 g/mol. The highest BCUT2D eigenvalue weighted by Gasteiger charge is 2.55. The third-order valence-electron chi connectivity index (χ3n) is 7.69. The molecule has 4 amide bonds. The average molecular weight is 486 g/mol. The smallest absolute Gasteiger partial charge is 0.325 e. The summed E-state index contributed by atoms with van der Waals surface area (Å²) in [6.07, 6.45) is 2.55. The van der Waals surface area contributed by atoms with Crippen LogP contribution in [0.3, 0.4) is 0 Å². The van der Waals surface area contributed by atoms with Gasteiger partial charge >= 0.3 is 6.03 Å². The molecule has 5 rings (SSSR count). The lowest BCUT2D eigenvalue weighted by atomic mass is 9.74. The molecule has 0 aliphatic carbocycles. The van der Waals surface area contributed by atoms with Crippen LogP contribution in [0.1, 0.15) is 37.3 Å².